The lowest BCUT2D eigenvalue weighted by Crippen LogP contribution is -2.52. The van der Waals surface area contributed by atoms with Crippen LogP contribution >= 0.6 is 23.2 Å². The predicted molar refractivity (Wildman–Crippen MR) is 76.6 cm³/mol. The molecule has 0 aliphatic carbocycles. The molecule has 5 heteroatoms. The number of rotatable bonds is 3. The summed E-state index contributed by atoms with van der Waals surface area (Å²) in [6.45, 7) is 4.81. The minimum absolute atomic E-state index is 0.529. The van der Waals surface area contributed by atoms with Gasteiger partial charge >= 0.3 is 0 Å². The van der Waals surface area contributed by atoms with Crippen molar-refractivity contribution in [3.63, 3.8) is 0 Å². The Labute approximate surface area is 123 Å². The van der Waals surface area contributed by atoms with E-state index in [9.17, 15) is 5.26 Å². The smallest absolute Gasteiger partial charge is 0.110 e. The van der Waals surface area contributed by atoms with E-state index in [1.54, 1.807) is 6.07 Å². The molecule has 0 aromatic heterocycles. The van der Waals surface area contributed by atoms with Gasteiger partial charge < -0.3 is 4.74 Å². The molecule has 3 nitrogen and oxygen atoms in total. The molecule has 102 valence electrons. The molecular formula is C14H16Cl2N2O. The number of ether oxygens (including phenoxy) is 1. The van der Waals surface area contributed by atoms with Crippen LogP contribution in [0.5, 0.6) is 0 Å². The van der Waals surface area contributed by atoms with Crippen LogP contribution in [-0.4, -0.2) is 36.7 Å². The summed E-state index contributed by atoms with van der Waals surface area (Å²) >= 11 is 12.2. The van der Waals surface area contributed by atoms with Gasteiger partial charge in [-0.15, -0.1) is 0 Å². The van der Waals surface area contributed by atoms with E-state index in [2.05, 4.69) is 11.0 Å². The second-order valence-corrected chi connectivity index (χ2v) is 5.66. The molecule has 1 atom stereocenters. The number of halogens is 2. The number of benzene rings is 1. The lowest BCUT2D eigenvalue weighted by Gasteiger charge is -2.38. The molecule has 1 saturated heterocycles. The fourth-order valence-electron chi connectivity index (χ4n) is 2.33. The lowest BCUT2D eigenvalue weighted by molar-refractivity contribution is 0.00190. The van der Waals surface area contributed by atoms with E-state index in [1.165, 1.54) is 0 Å². The van der Waals surface area contributed by atoms with Gasteiger partial charge in [0.25, 0.3) is 0 Å². The Morgan fingerprint density at radius 1 is 1.37 bits per heavy atom. The fourth-order valence-corrected chi connectivity index (χ4v) is 2.72. The zero-order valence-corrected chi connectivity index (χ0v) is 12.3. The third kappa shape index (κ3) is 3.21. The topological polar surface area (TPSA) is 36.3 Å². The van der Waals surface area contributed by atoms with Crippen molar-refractivity contribution in [2.75, 3.05) is 26.3 Å². The first-order valence-corrected chi connectivity index (χ1v) is 6.99. The van der Waals surface area contributed by atoms with Crippen LogP contribution in [0.1, 0.15) is 12.5 Å². The predicted octanol–water partition coefficient (Wildman–Crippen LogP) is 3.15. The summed E-state index contributed by atoms with van der Waals surface area (Å²) in [4.78, 5) is 2.15. The number of morpholine rings is 1. The fraction of sp³-hybridized carbons (Fsp3) is 0.500. The van der Waals surface area contributed by atoms with Crippen molar-refractivity contribution in [2.45, 2.75) is 18.9 Å². The number of nitrogens with zero attached hydrogens (tertiary/aromatic N) is 2. The van der Waals surface area contributed by atoms with Crippen molar-refractivity contribution in [3.8, 4) is 6.07 Å². The van der Waals surface area contributed by atoms with E-state index >= 15 is 0 Å². The molecule has 2 rings (SSSR count). The Balaban J connectivity index is 2.22. The molecule has 1 aromatic carbocycles. The monoisotopic (exact) mass is 298 g/mol. The first kappa shape index (κ1) is 14.6. The summed E-state index contributed by atoms with van der Waals surface area (Å²) in [6.07, 6.45) is 0.558. The minimum Gasteiger partial charge on any atom is -0.379 e. The second-order valence-electron chi connectivity index (χ2n) is 4.87. The Kier molecular flexibility index (Phi) is 4.70. The van der Waals surface area contributed by atoms with E-state index in [-0.39, 0.29) is 0 Å². The van der Waals surface area contributed by atoms with Crippen LogP contribution < -0.4 is 0 Å². The summed E-state index contributed by atoms with van der Waals surface area (Å²) in [6, 6.07) is 7.95. The molecule has 0 saturated carbocycles. The third-order valence-electron chi connectivity index (χ3n) is 3.52. The van der Waals surface area contributed by atoms with Gasteiger partial charge in [-0.25, -0.2) is 0 Å². The van der Waals surface area contributed by atoms with Crippen LogP contribution in [0, 0.1) is 11.3 Å². The maximum atomic E-state index is 9.55. The summed E-state index contributed by atoms with van der Waals surface area (Å²) in [5.74, 6) is 0. The van der Waals surface area contributed by atoms with Gasteiger partial charge in [0.2, 0.25) is 0 Å². The van der Waals surface area contributed by atoms with Gasteiger partial charge in [-0.05, 0) is 18.6 Å². The average molecular weight is 299 g/mol. The molecule has 0 radical (unpaired) electrons. The number of hydrogen-bond donors (Lipinski definition) is 0. The van der Waals surface area contributed by atoms with Gasteiger partial charge in [0.1, 0.15) is 5.54 Å². The Hall–Kier alpha value is -0.790. The van der Waals surface area contributed by atoms with Crippen LogP contribution in [0.15, 0.2) is 18.2 Å². The molecular weight excluding hydrogens is 283 g/mol. The Morgan fingerprint density at radius 2 is 2.05 bits per heavy atom. The highest BCUT2D eigenvalue weighted by Gasteiger charge is 2.34. The normalized spacial score (nSPS) is 19.7. The van der Waals surface area contributed by atoms with E-state index in [0.717, 1.165) is 18.7 Å². The summed E-state index contributed by atoms with van der Waals surface area (Å²) in [5, 5.41) is 10.6. The highest BCUT2D eigenvalue weighted by atomic mass is 35.5. The van der Waals surface area contributed by atoms with Crippen molar-refractivity contribution in [1.29, 1.82) is 5.26 Å². The highest BCUT2D eigenvalue weighted by molar-refractivity contribution is 6.42. The van der Waals surface area contributed by atoms with Crippen LogP contribution in [0.3, 0.4) is 0 Å². The summed E-state index contributed by atoms with van der Waals surface area (Å²) in [7, 11) is 0. The Bertz CT molecular complexity index is 495. The standard InChI is InChI=1S/C14H16Cl2N2O/c1-14(10-17,18-5-7-19-8-6-18)9-11-3-2-4-12(15)13(11)16/h2-4H,5-9H2,1H3. The van der Waals surface area contributed by atoms with E-state index in [1.807, 2.05) is 19.1 Å². The van der Waals surface area contributed by atoms with Crippen molar-refractivity contribution >= 4 is 23.2 Å². The lowest BCUT2D eigenvalue weighted by atomic mass is 9.92. The molecule has 1 heterocycles. The van der Waals surface area contributed by atoms with Gasteiger partial charge in [0.15, 0.2) is 0 Å². The molecule has 0 amide bonds. The molecule has 0 spiro atoms. The van der Waals surface area contributed by atoms with Crippen molar-refractivity contribution in [1.82, 2.24) is 4.90 Å². The maximum Gasteiger partial charge on any atom is 0.110 e. The highest BCUT2D eigenvalue weighted by Crippen LogP contribution is 2.30. The van der Waals surface area contributed by atoms with Crippen LogP contribution in [0.25, 0.3) is 0 Å². The number of nitriles is 1. The molecule has 1 fully saturated rings. The van der Waals surface area contributed by atoms with Crippen LogP contribution in [0.2, 0.25) is 10.0 Å². The SMILES string of the molecule is CC(C#N)(Cc1cccc(Cl)c1Cl)N1CCOCC1. The number of hydrogen-bond acceptors (Lipinski definition) is 3. The second kappa shape index (κ2) is 6.11. The molecule has 0 bridgehead atoms. The van der Waals surface area contributed by atoms with Crippen molar-refractivity contribution in [2.24, 2.45) is 0 Å². The maximum absolute atomic E-state index is 9.55. The van der Waals surface area contributed by atoms with Crippen LogP contribution in [0.4, 0.5) is 0 Å². The largest absolute Gasteiger partial charge is 0.379 e. The first-order valence-electron chi connectivity index (χ1n) is 6.24. The van der Waals surface area contributed by atoms with Gasteiger partial charge in [0, 0.05) is 19.5 Å². The summed E-state index contributed by atoms with van der Waals surface area (Å²) in [5.41, 5.74) is 0.322. The van der Waals surface area contributed by atoms with Crippen molar-refractivity contribution < 1.29 is 4.74 Å². The average Bonchev–Trinajstić information content (AvgIpc) is 2.45. The quantitative estimate of drug-likeness (QED) is 0.860. The minimum atomic E-state index is -0.585. The van der Waals surface area contributed by atoms with E-state index in [0.29, 0.717) is 29.7 Å². The van der Waals surface area contributed by atoms with Gasteiger partial charge in [-0.2, -0.15) is 5.26 Å². The van der Waals surface area contributed by atoms with Crippen molar-refractivity contribution in [3.05, 3.63) is 33.8 Å². The molecule has 1 aliphatic heterocycles. The molecule has 1 unspecified atom stereocenters. The molecule has 19 heavy (non-hydrogen) atoms. The van der Waals surface area contributed by atoms with Gasteiger partial charge in [0.05, 0.1) is 29.3 Å². The van der Waals surface area contributed by atoms with Crippen LogP contribution in [-0.2, 0) is 11.2 Å². The van der Waals surface area contributed by atoms with E-state index in [4.69, 9.17) is 27.9 Å². The Morgan fingerprint density at radius 3 is 2.68 bits per heavy atom. The van der Waals surface area contributed by atoms with Gasteiger partial charge in [-0.1, -0.05) is 35.3 Å². The zero-order valence-electron chi connectivity index (χ0n) is 10.8. The molecule has 1 aromatic rings. The summed E-state index contributed by atoms with van der Waals surface area (Å²) < 4.78 is 5.33. The first-order chi connectivity index (χ1) is 9.07. The van der Waals surface area contributed by atoms with Gasteiger partial charge in [-0.3, -0.25) is 4.90 Å². The van der Waals surface area contributed by atoms with E-state index < -0.39 is 5.54 Å². The molecule has 0 N–H and O–H groups in total. The molecule has 1 aliphatic rings. The third-order valence-corrected chi connectivity index (χ3v) is 4.37. The zero-order chi connectivity index (χ0) is 13.9.